The molecule has 0 bridgehead atoms. The van der Waals surface area contributed by atoms with E-state index in [9.17, 15) is 13.5 Å². The van der Waals surface area contributed by atoms with Crippen molar-refractivity contribution < 1.29 is 13.5 Å². The predicted molar refractivity (Wildman–Crippen MR) is 97.1 cm³/mol. The van der Waals surface area contributed by atoms with E-state index in [4.69, 9.17) is 0 Å². The predicted octanol–water partition coefficient (Wildman–Crippen LogP) is 2.30. The van der Waals surface area contributed by atoms with Gasteiger partial charge in [0.05, 0.1) is 11.4 Å². The molecule has 0 aromatic heterocycles. The highest BCUT2D eigenvalue weighted by atomic mass is 32.2. The molecule has 1 aromatic carbocycles. The zero-order chi connectivity index (χ0) is 17.9. The van der Waals surface area contributed by atoms with Gasteiger partial charge >= 0.3 is 0 Å². The fourth-order valence-corrected chi connectivity index (χ4v) is 4.39. The van der Waals surface area contributed by atoms with E-state index in [1.54, 1.807) is 5.01 Å². The monoisotopic (exact) mass is 364 g/mol. The van der Waals surface area contributed by atoms with E-state index in [1.807, 2.05) is 13.1 Å². The SMILES string of the molecule is CCN=C(NS(=O)(=O)c1ccc(O)cc1)N1CC2(C=N1)CCCCC2. The van der Waals surface area contributed by atoms with Crippen LogP contribution in [0.4, 0.5) is 0 Å². The van der Waals surface area contributed by atoms with Crippen molar-refractivity contribution in [3.05, 3.63) is 24.3 Å². The Labute approximate surface area is 148 Å². The number of sulfonamides is 1. The Bertz CT molecular complexity index is 766. The zero-order valence-corrected chi connectivity index (χ0v) is 15.2. The molecule has 1 spiro atoms. The van der Waals surface area contributed by atoms with Crippen LogP contribution in [0, 0.1) is 5.41 Å². The van der Waals surface area contributed by atoms with Gasteiger partial charge < -0.3 is 5.11 Å². The van der Waals surface area contributed by atoms with Crippen molar-refractivity contribution in [2.45, 2.75) is 43.9 Å². The molecule has 1 aliphatic carbocycles. The second-order valence-corrected chi connectivity index (χ2v) is 8.31. The van der Waals surface area contributed by atoms with Crippen LogP contribution in [0.1, 0.15) is 39.0 Å². The van der Waals surface area contributed by atoms with Crippen LogP contribution in [0.25, 0.3) is 0 Å². The van der Waals surface area contributed by atoms with Crippen LogP contribution in [0.15, 0.2) is 39.3 Å². The number of hydrogen-bond acceptors (Lipinski definition) is 5. The Hall–Kier alpha value is -2.09. The molecular formula is C17H24N4O3S. The molecule has 0 radical (unpaired) electrons. The van der Waals surface area contributed by atoms with Crippen molar-refractivity contribution in [2.24, 2.45) is 15.5 Å². The number of nitrogens with one attached hydrogen (secondary N) is 1. The molecule has 1 saturated carbocycles. The van der Waals surface area contributed by atoms with Crippen molar-refractivity contribution >= 4 is 22.2 Å². The van der Waals surface area contributed by atoms with Gasteiger partial charge in [0.2, 0.25) is 5.96 Å². The van der Waals surface area contributed by atoms with Crippen LogP contribution in [-0.2, 0) is 10.0 Å². The summed E-state index contributed by atoms with van der Waals surface area (Å²) in [6, 6.07) is 5.40. The van der Waals surface area contributed by atoms with E-state index in [-0.39, 0.29) is 22.0 Å². The van der Waals surface area contributed by atoms with E-state index in [0.717, 1.165) is 12.8 Å². The number of phenolic OH excluding ortho intramolecular Hbond substituents is 1. The van der Waals surface area contributed by atoms with Crippen molar-refractivity contribution in [2.75, 3.05) is 13.1 Å². The van der Waals surface area contributed by atoms with E-state index in [2.05, 4.69) is 14.8 Å². The summed E-state index contributed by atoms with van der Waals surface area (Å²) in [6.45, 7) is 2.96. The lowest BCUT2D eigenvalue weighted by Crippen LogP contribution is -2.43. The van der Waals surface area contributed by atoms with Gasteiger partial charge in [-0.05, 0) is 44.0 Å². The lowest BCUT2D eigenvalue weighted by atomic mass is 9.75. The summed E-state index contributed by atoms with van der Waals surface area (Å²) in [7, 11) is -3.79. The van der Waals surface area contributed by atoms with E-state index < -0.39 is 10.0 Å². The maximum Gasteiger partial charge on any atom is 0.264 e. The largest absolute Gasteiger partial charge is 0.508 e. The number of guanidine groups is 1. The van der Waals surface area contributed by atoms with Gasteiger partial charge in [-0.3, -0.25) is 4.99 Å². The molecule has 1 fully saturated rings. The van der Waals surface area contributed by atoms with Crippen LogP contribution >= 0.6 is 0 Å². The molecule has 7 nitrogen and oxygen atoms in total. The molecule has 8 heteroatoms. The number of hydrogen-bond donors (Lipinski definition) is 2. The van der Waals surface area contributed by atoms with Crippen LogP contribution in [-0.4, -0.2) is 43.8 Å². The van der Waals surface area contributed by atoms with E-state index in [0.29, 0.717) is 13.1 Å². The fourth-order valence-electron chi connectivity index (χ4n) is 3.37. The molecule has 25 heavy (non-hydrogen) atoms. The lowest BCUT2D eigenvalue weighted by Gasteiger charge is -2.31. The number of hydrazone groups is 1. The molecule has 2 N–H and O–H groups in total. The molecule has 1 heterocycles. The van der Waals surface area contributed by atoms with Crippen LogP contribution < -0.4 is 4.72 Å². The van der Waals surface area contributed by atoms with Crippen molar-refractivity contribution in [3.8, 4) is 5.75 Å². The highest BCUT2D eigenvalue weighted by Crippen LogP contribution is 2.38. The van der Waals surface area contributed by atoms with Gasteiger partial charge in [-0.15, -0.1) is 0 Å². The molecule has 1 aliphatic heterocycles. The standard InChI is InChI=1S/C17H24N4O3S/c1-2-18-16(20-25(23,24)15-8-6-14(22)7-9-15)21-13-17(12-19-21)10-4-3-5-11-17/h6-9,12,22H,2-5,10-11,13H2,1H3,(H,18,20). The fraction of sp³-hybridized carbons (Fsp3) is 0.529. The third kappa shape index (κ3) is 3.95. The normalized spacial score (nSPS) is 20.2. The molecule has 2 aliphatic rings. The van der Waals surface area contributed by atoms with Gasteiger partial charge in [-0.2, -0.15) is 5.10 Å². The number of rotatable bonds is 3. The van der Waals surface area contributed by atoms with Gasteiger partial charge in [0, 0.05) is 18.2 Å². The second-order valence-electron chi connectivity index (χ2n) is 6.62. The molecular weight excluding hydrogens is 340 g/mol. The first kappa shape index (κ1) is 17.7. The Morgan fingerprint density at radius 3 is 2.60 bits per heavy atom. The number of aromatic hydroxyl groups is 1. The Kier molecular flexibility index (Phi) is 4.99. The van der Waals surface area contributed by atoms with Crippen molar-refractivity contribution in [1.29, 1.82) is 0 Å². The Balaban J connectivity index is 1.77. The maximum absolute atomic E-state index is 12.6. The molecule has 1 aromatic rings. The van der Waals surface area contributed by atoms with Gasteiger partial charge in [0.15, 0.2) is 0 Å². The first-order chi connectivity index (χ1) is 11.9. The summed E-state index contributed by atoms with van der Waals surface area (Å²) in [5.74, 6) is 0.263. The van der Waals surface area contributed by atoms with Crippen molar-refractivity contribution in [3.63, 3.8) is 0 Å². The smallest absolute Gasteiger partial charge is 0.264 e. The maximum atomic E-state index is 12.6. The Morgan fingerprint density at radius 1 is 1.28 bits per heavy atom. The quantitative estimate of drug-likeness (QED) is 0.635. The topological polar surface area (TPSA) is 94.4 Å². The number of nitrogens with zero attached hydrogens (tertiary/aromatic N) is 3. The average Bonchev–Trinajstić information content (AvgIpc) is 2.99. The van der Waals surface area contributed by atoms with Crippen LogP contribution in [0.3, 0.4) is 0 Å². The summed E-state index contributed by atoms with van der Waals surface area (Å²) in [4.78, 5) is 4.38. The lowest BCUT2D eigenvalue weighted by molar-refractivity contribution is 0.253. The molecule has 0 atom stereocenters. The summed E-state index contributed by atoms with van der Waals surface area (Å²) in [5, 5.41) is 15.4. The first-order valence-corrected chi connectivity index (χ1v) is 10.1. The third-order valence-electron chi connectivity index (χ3n) is 4.71. The molecule has 0 amide bonds. The molecule has 0 unspecified atom stereocenters. The van der Waals surface area contributed by atoms with Gasteiger partial charge in [-0.25, -0.2) is 18.1 Å². The molecule has 3 rings (SSSR count). The number of benzene rings is 1. The summed E-state index contributed by atoms with van der Waals surface area (Å²) in [5.41, 5.74) is 0.0384. The van der Waals surface area contributed by atoms with E-state index >= 15 is 0 Å². The average molecular weight is 364 g/mol. The zero-order valence-electron chi connectivity index (χ0n) is 14.4. The molecule has 136 valence electrons. The number of aliphatic imine (C=N–C) groups is 1. The van der Waals surface area contributed by atoms with Gasteiger partial charge in [0.25, 0.3) is 10.0 Å². The third-order valence-corrected chi connectivity index (χ3v) is 6.05. The minimum Gasteiger partial charge on any atom is -0.508 e. The van der Waals surface area contributed by atoms with Crippen molar-refractivity contribution in [1.82, 2.24) is 9.73 Å². The minimum absolute atomic E-state index is 0.0183. The highest BCUT2D eigenvalue weighted by Gasteiger charge is 2.38. The van der Waals surface area contributed by atoms with Crippen LogP contribution in [0.5, 0.6) is 5.75 Å². The van der Waals surface area contributed by atoms with Gasteiger partial charge in [-0.1, -0.05) is 19.3 Å². The number of phenols is 1. The van der Waals surface area contributed by atoms with Gasteiger partial charge in [0.1, 0.15) is 5.75 Å². The molecule has 0 saturated heterocycles. The Morgan fingerprint density at radius 2 is 1.96 bits per heavy atom. The summed E-state index contributed by atoms with van der Waals surface area (Å²) in [6.07, 6.45) is 7.73. The minimum atomic E-state index is -3.79. The second kappa shape index (κ2) is 7.03. The summed E-state index contributed by atoms with van der Waals surface area (Å²) < 4.78 is 27.7. The first-order valence-electron chi connectivity index (χ1n) is 8.63. The highest BCUT2D eigenvalue weighted by molar-refractivity contribution is 7.90. The summed E-state index contributed by atoms with van der Waals surface area (Å²) >= 11 is 0. The van der Waals surface area contributed by atoms with Crippen LogP contribution in [0.2, 0.25) is 0 Å². The van der Waals surface area contributed by atoms with E-state index in [1.165, 1.54) is 43.5 Å².